The number of thioether (sulfide) groups is 1. The topological polar surface area (TPSA) is 94.9 Å². The van der Waals surface area contributed by atoms with Gasteiger partial charge in [-0.15, -0.1) is 0 Å². The fraction of sp³-hybridized carbons (Fsp3) is 0. The van der Waals surface area contributed by atoms with E-state index < -0.39 is 5.24 Å². The lowest BCUT2D eigenvalue weighted by Gasteiger charge is -2.03. The molecule has 0 aliphatic rings. The van der Waals surface area contributed by atoms with Crippen LogP contribution in [-0.4, -0.2) is 15.2 Å². The summed E-state index contributed by atoms with van der Waals surface area (Å²) in [5.41, 5.74) is 11.3. The average molecular weight is 220 g/mol. The average Bonchev–Trinajstić information content (AvgIpc) is 2.18. The number of carbonyl (C=O) groups is 1. The number of nitrogen functional groups attached to an aromatic ring is 1. The van der Waals surface area contributed by atoms with Gasteiger partial charge in [-0.1, -0.05) is 0 Å². The predicted octanol–water partition coefficient (Wildman–Crippen LogP) is 1.38. The number of amides is 1. The molecule has 2 rings (SSSR count). The molecule has 6 heteroatoms. The first-order valence-corrected chi connectivity index (χ1v) is 4.97. The number of hydrogen-bond acceptors (Lipinski definition) is 5. The summed E-state index contributed by atoms with van der Waals surface area (Å²) in [4.78, 5) is 19.4. The Kier molecular flexibility index (Phi) is 2.42. The zero-order chi connectivity index (χ0) is 10.8. The predicted molar refractivity (Wildman–Crippen MR) is 59.4 cm³/mol. The number of pyridine rings is 2. The van der Waals surface area contributed by atoms with Crippen molar-refractivity contribution in [3.8, 4) is 0 Å². The van der Waals surface area contributed by atoms with E-state index >= 15 is 0 Å². The van der Waals surface area contributed by atoms with Gasteiger partial charge in [0.05, 0.1) is 4.90 Å². The van der Waals surface area contributed by atoms with Crippen molar-refractivity contribution in [3.05, 3.63) is 24.4 Å². The molecule has 0 aliphatic carbocycles. The van der Waals surface area contributed by atoms with Crippen molar-refractivity contribution in [3.63, 3.8) is 0 Å². The third kappa shape index (κ3) is 1.99. The highest BCUT2D eigenvalue weighted by Crippen LogP contribution is 2.26. The molecular weight excluding hydrogens is 212 g/mol. The maximum absolute atomic E-state index is 10.7. The molecule has 2 aromatic heterocycles. The van der Waals surface area contributed by atoms with Gasteiger partial charge in [0.25, 0.3) is 5.24 Å². The van der Waals surface area contributed by atoms with Crippen molar-refractivity contribution in [1.29, 1.82) is 0 Å². The normalized spacial score (nSPS) is 10.4. The molecule has 0 radical (unpaired) electrons. The fourth-order valence-corrected chi connectivity index (χ4v) is 1.74. The largest absolute Gasteiger partial charge is 0.383 e. The van der Waals surface area contributed by atoms with Crippen LogP contribution in [0.4, 0.5) is 10.6 Å². The molecule has 15 heavy (non-hydrogen) atoms. The smallest absolute Gasteiger partial charge is 0.281 e. The third-order valence-corrected chi connectivity index (χ3v) is 2.54. The molecule has 4 N–H and O–H groups in total. The van der Waals surface area contributed by atoms with Crippen LogP contribution >= 0.6 is 11.8 Å². The number of nitrogens with two attached hydrogens (primary N) is 2. The highest BCUT2D eigenvalue weighted by molar-refractivity contribution is 8.13. The van der Waals surface area contributed by atoms with Gasteiger partial charge in [0.2, 0.25) is 0 Å². The number of anilines is 1. The summed E-state index contributed by atoms with van der Waals surface area (Å²) in [6.45, 7) is 0. The summed E-state index contributed by atoms with van der Waals surface area (Å²) in [6.07, 6.45) is 1.63. The van der Waals surface area contributed by atoms with Gasteiger partial charge < -0.3 is 11.5 Å². The number of primary amides is 1. The van der Waals surface area contributed by atoms with Crippen LogP contribution in [0.5, 0.6) is 0 Å². The van der Waals surface area contributed by atoms with Crippen LogP contribution < -0.4 is 11.5 Å². The number of carbonyl (C=O) groups excluding carboxylic acids is 1. The lowest BCUT2D eigenvalue weighted by atomic mass is 10.3. The second-order valence-electron chi connectivity index (χ2n) is 2.84. The van der Waals surface area contributed by atoms with Gasteiger partial charge in [-0.3, -0.25) is 4.79 Å². The van der Waals surface area contributed by atoms with Crippen molar-refractivity contribution in [2.75, 3.05) is 5.73 Å². The molecule has 5 nitrogen and oxygen atoms in total. The van der Waals surface area contributed by atoms with E-state index in [0.717, 1.165) is 17.1 Å². The maximum atomic E-state index is 10.7. The zero-order valence-corrected chi connectivity index (χ0v) is 8.49. The van der Waals surface area contributed by atoms with E-state index in [1.165, 1.54) is 0 Å². The van der Waals surface area contributed by atoms with Gasteiger partial charge >= 0.3 is 0 Å². The monoisotopic (exact) mass is 220 g/mol. The summed E-state index contributed by atoms with van der Waals surface area (Å²) in [7, 11) is 0. The minimum Gasteiger partial charge on any atom is -0.383 e. The summed E-state index contributed by atoms with van der Waals surface area (Å²) in [6, 6.07) is 5.39. The molecule has 0 saturated heterocycles. The Morgan fingerprint density at radius 1 is 1.47 bits per heavy atom. The summed E-state index contributed by atoms with van der Waals surface area (Å²) >= 11 is 0.863. The minimum atomic E-state index is -0.508. The van der Waals surface area contributed by atoms with E-state index in [4.69, 9.17) is 11.5 Å². The van der Waals surface area contributed by atoms with Gasteiger partial charge in [-0.25, -0.2) is 9.97 Å². The molecule has 0 unspecified atom stereocenters. The molecule has 0 atom stereocenters. The molecule has 0 spiro atoms. The Hall–Kier alpha value is -1.82. The molecule has 2 heterocycles. The maximum Gasteiger partial charge on any atom is 0.281 e. The van der Waals surface area contributed by atoms with Crippen LogP contribution in [-0.2, 0) is 0 Å². The van der Waals surface area contributed by atoms with E-state index in [9.17, 15) is 4.79 Å². The van der Waals surface area contributed by atoms with Crippen LogP contribution in [0.3, 0.4) is 0 Å². The number of nitrogens with zero attached hydrogens (tertiary/aromatic N) is 2. The van der Waals surface area contributed by atoms with Crippen molar-refractivity contribution < 1.29 is 4.79 Å². The van der Waals surface area contributed by atoms with Crippen molar-refractivity contribution in [2.45, 2.75) is 4.90 Å². The van der Waals surface area contributed by atoms with Crippen molar-refractivity contribution in [2.24, 2.45) is 5.73 Å². The Bertz CT molecular complexity index is 529. The Morgan fingerprint density at radius 2 is 2.27 bits per heavy atom. The first-order chi connectivity index (χ1) is 7.16. The summed E-state index contributed by atoms with van der Waals surface area (Å²) in [5, 5.41) is 0.321. The zero-order valence-electron chi connectivity index (χ0n) is 7.68. The molecule has 0 bridgehead atoms. The second kappa shape index (κ2) is 3.74. The van der Waals surface area contributed by atoms with E-state index in [0.29, 0.717) is 10.5 Å². The lowest BCUT2D eigenvalue weighted by molar-refractivity contribution is 0.267. The first-order valence-electron chi connectivity index (χ1n) is 4.15. The van der Waals surface area contributed by atoms with Gasteiger partial charge in [0.15, 0.2) is 5.65 Å². The quantitative estimate of drug-likeness (QED) is 0.708. The number of aromatic nitrogens is 2. The van der Waals surface area contributed by atoms with Gasteiger partial charge in [0.1, 0.15) is 5.82 Å². The van der Waals surface area contributed by atoms with Crippen LogP contribution in [0, 0.1) is 0 Å². The number of fused-ring (bicyclic) bond motifs is 1. The van der Waals surface area contributed by atoms with E-state index in [-0.39, 0.29) is 5.82 Å². The molecule has 0 fully saturated rings. The molecule has 1 amide bonds. The Labute approximate surface area is 89.9 Å². The molecular formula is C9H8N4OS. The molecule has 76 valence electrons. The summed E-state index contributed by atoms with van der Waals surface area (Å²) in [5.74, 6) is 0.269. The number of rotatable bonds is 1. The van der Waals surface area contributed by atoms with Gasteiger partial charge in [-0.05, 0) is 30.0 Å². The van der Waals surface area contributed by atoms with E-state index in [1.54, 1.807) is 18.3 Å². The van der Waals surface area contributed by atoms with Crippen LogP contribution in [0.2, 0.25) is 0 Å². The molecule has 0 saturated carbocycles. The minimum absolute atomic E-state index is 0.269. The molecule has 2 aromatic rings. The van der Waals surface area contributed by atoms with Crippen LogP contribution in [0.1, 0.15) is 0 Å². The van der Waals surface area contributed by atoms with Crippen LogP contribution in [0.15, 0.2) is 29.3 Å². The van der Waals surface area contributed by atoms with Gasteiger partial charge in [0, 0.05) is 11.6 Å². The number of hydrogen-bond donors (Lipinski definition) is 2. The standard InChI is InChI=1S/C9H8N4OS/c10-7-6(15-9(11)14)4-5-2-1-3-12-8(5)13-7/h1-4H,(H2,11,14)(H2,10,12,13). The lowest BCUT2D eigenvalue weighted by Crippen LogP contribution is -2.04. The highest BCUT2D eigenvalue weighted by atomic mass is 32.2. The third-order valence-electron chi connectivity index (χ3n) is 1.79. The first kappa shape index (κ1) is 9.72. The molecule has 0 aliphatic heterocycles. The highest BCUT2D eigenvalue weighted by Gasteiger charge is 2.07. The Morgan fingerprint density at radius 3 is 3.00 bits per heavy atom. The van der Waals surface area contributed by atoms with Gasteiger partial charge in [-0.2, -0.15) is 0 Å². The van der Waals surface area contributed by atoms with Crippen molar-refractivity contribution in [1.82, 2.24) is 9.97 Å². The van der Waals surface area contributed by atoms with E-state index in [2.05, 4.69) is 9.97 Å². The fourth-order valence-electron chi connectivity index (χ4n) is 1.19. The SMILES string of the molecule is NC(=O)Sc1cc2cccnc2nc1N. The van der Waals surface area contributed by atoms with E-state index in [1.807, 2.05) is 6.07 Å². The van der Waals surface area contributed by atoms with Crippen molar-refractivity contribution >= 4 is 33.9 Å². The molecule has 0 aromatic carbocycles. The van der Waals surface area contributed by atoms with Crippen LogP contribution in [0.25, 0.3) is 11.0 Å². The second-order valence-corrected chi connectivity index (χ2v) is 3.89. The summed E-state index contributed by atoms with van der Waals surface area (Å²) < 4.78 is 0. The Balaban J connectivity index is 2.56.